The lowest BCUT2D eigenvalue weighted by Gasteiger charge is -2.34. The molecule has 0 spiro atoms. The van der Waals surface area contributed by atoms with Gasteiger partial charge in [0.15, 0.2) is 16.1 Å². The van der Waals surface area contributed by atoms with Crippen LogP contribution < -0.4 is 14.5 Å². The van der Waals surface area contributed by atoms with Crippen molar-refractivity contribution in [2.24, 2.45) is 0 Å². The number of hydrogen-bond donors (Lipinski definition) is 0. The van der Waals surface area contributed by atoms with Crippen LogP contribution in [-0.4, -0.2) is 43.3 Å². The van der Waals surface area contributed by atoms with E-state index in [2.05, 4.69) is 14.8 Å². The molecule has 1 fully saturated rings. The van der Waals surface area contributed by atoms with Crippen LogP contribution in [0.2, 0.25) is 0 Å². The molecule has 5 nitrogen and oxygen atoms in total. The van der Waals surface area contributed by atoms with E-state index in [0.717, 1.165) is 58.5 Å². The summed E-state index contributed by atoms with van der Waals surface area (Å²) in [5.41, 5.74) is 1.18. The van der Waals surface area contributed by atoms with Crippen LogP contribution >= 0.6 is 22.7 Å². The Morgan fingerprint density at radius 2 is 1.57 bits per heavy atom. The summed E-state index contributed by atoms with van der Waals surface area (Å²) in [7, 11) is 1.65. The topological polar surface area (TPSA) is 41.5 Å². The number of nitrogens with zero attached hydrogens (tertiary/aromatic N) is 4. The minimum Gasteiger partial charge on any atom is -0.497 e. The van der Waals surface area contributed by atoms with Gasteiger partial charge in [0.2, 0.25) is 0 Å². The maximum atomic E-state index is 13.9. The Balaban J connectivity index is 1.34. The van der Waals surface area contributed by atoms with Gasteiger partial charge in [-0.05, 0) is 18.2 Å². The zero-order valence-corrected chi connectivity index (χ0v) is 16.6. The van der Waals surface area contributed by atoms with Crippen molar-refractivity contribution in [2.75, 3.05) is 43.1 Å². The van der Waals surface area contributed by atoms with E-state index in [1.165, 1.54) is 17.4 Å². The van der Waals surface area contributed by atoms with Crippen LogP contribution in [0.1, 0.15) is 0 Å². The predicted octanol–water partition coefficient (Wildman–Crippen LogP) is 4.52. The van der Waals surface area contributed by atoms with Crippen molar-refractivity contribution in [1.29, 1.82) is 0 Å². The molecule has 3 heterocycles. The number of ether oxygens (including phenoxy) is 1. The average molecular weight is 418 g/mol. The molecule has 144 valence electrons. The first kappa shape index (κ1) is 17.6. The van der Waals surface area contributed by atoms with Crippen molar-refractivity contribution < 1.29 is 13.5 Å². The molecule has 9 heteroatoms. The van der Waals surface area contributed by atoms with E-state index in [-0.39, 0.29) is 5.52 Å². The molecule has 0 amide bonds. The molecule has 0 aliphatic carbocycles. The summed E-state index contributed by atoms with van der Waals surface area (Å²) in [5, 5.41) is 1.72. The molecule has 28 heavy (non-hydrogen) atoms. The van der Waals surface area contributed by atoms with Gasteiger partial charge in [-0.15, -0.1) is 0 Å². The summed E-state index contributed by atoms with van der Waals surface area (Å²) in [4.78, 5) is 13.5. The number of rotatable bonds is 3. The van der Waals surface area contributed by atoms with Crippen LogP contribution in [-0.2, 0) is 0 Å². The number of benzene rings is 2. The van der Waals surface area contributed by atoms with Crippen molar-refractivity contribution in [3.8, 4) is 5.75 Å². The summed E-state index contributed by atoms with van der Waals surface area (Å²) in [6.45, 7) is 3.10. The molecular weight excluding hydrogens is 402 g/mol. The lowest BCUT2D eigenvalue weighted by atomic mass is 10.3. The minimum absolute atomic E-state index is 0.240. The number of halogens is 2. The molecule has 2 aromatic carbocycles. The van der Waals surface area contributed by atoms with Crippen LogP contribution in [0.5, 0.6) is 5.75 Å². The first-order valence-corrected chi connectivity index (χ1v) is 10.4. The maximum Gasteiger partial charge on any atom is 0.186 e. The molecule has 0 atom stereocenters. The van der Waals surface area contributed by atoms with Crippen LogP contribution in [0.3, 0.4) is 0 Å². The van der Waals surface area contributed by atoms with Crippen molar-refractivity contribution in [3.05, 3.63) is 42.0 Å². The lowest BCUT2D eigenvalue weighted by molar-refractivity contribution is 0.415. The Morgan fingerprint density at radius 3 is 2.29 bits per heavy atom. The lowest BCUT2D eigenvalue weighted by Crippen LogP contribution is -2.46. The van der Waals surface area contributed by atoms with Crippen molar-refractivity contribution in [1.82, 2.24) is 9.97 Å². The maximum absolute atomic E-state index is 13.9. The Labute approximate surface area is 167 Å². The SMILES string of the molecule is COc1ccc2sc(N3CCN(c4nc5c(F)cc(F)cc5s4)CC3)nc2c1. The van der Waals surface area contributed by atoms with Crippen molar-refractivity contribution >= 4 is 53.4 Å². The molecule has 1 aliphatic heterocycles. The van der Waals surface area contributed by atoms with Gasteiger partial charge in [0.05, 0.1) is 22.0 Å². The van der Waals surface area contributed by atoms with E-state index in [4.69, 9.17) is 9.72 Å². The summed E-state index contributed by atoms with van der Waals surface area (Å²) in [6.07, 6.45) is 0. The summed E-state index contributed by atoms with van der Waals surface area (Å²) in [6, 6.07) is 8.13. The Kier molecular flexibility index (Phi) is 4.28. The van der Waals surface area contributed by atoms with Crippen LogP contribution in [0, 0.1) is 11.6 Å². The molecule has 5 rings (SSSR count). The summed E-state index contributed by atoms with van der Waals surface area (Å²) in [5.74, 6) is -0.382. The van der Waals surface area contributed by atoms with E-state index in [0.29, 0.717) is 4.70 Å². The predicted molar refractivity (Wildman–Crippen MR) is 110 cm³/mol. The second kappa shape index (κ2) is 6.82. The number of anilines is 2. The molecule has 2 aromatic heterocycles. The van der Waals surface area contributed by atoms with Gasteiger partial charge in [-0.1, -0.05) is 22.7 Å². The number of fused-ring (bicyclic) bond motifs is 2. The molecule has 0 unspecified atom stereocenters. The second-order valence-corrected chi connectivity index (χ2v) is 8.55. The fraction of sp³-hybridized carbons (Fsp3) is 0.263. The molecule has 0 bridgehead atoms. The van der Waals surface area contributed by atoms with Crippen molar-refractivity contribution in [3.63, 3.8) is 0 Å². The molecule has 1 saturated heterocycles. The Hall–Kier alpha value is -2.52. The van der Waals surface area contributed by atoms with Gasteiger partial charge in [0.25, 0.3) is 0 Å². The van der Waals surface area contributed by atoms with E-state index in [9.17, 15) is 8.78 Å². The fourth-order valence-electron chi connectivity index (χ4n) is 3.33. The highest BCUT2D eigenvalue weighted by atomic mass is 32.1. The van der Waals surface area contributed by atoms with Gasteiger partial charge in [0.1, 0.15) is 17.1 Å². The number of thiazole rings is 2. The first-order chi connectivity index (χ1) is 13.6. The number of aromatic nitrogens is 2. The van der Waals surface area contributed by atoms with Crippen LogP contribution in [0.15, 0.2) is 30.3 Å². The molecule has 1 aliphatic rings. The number of hydrogen-bond acceptors (Lipinski definition) is 7. The minimum atomic E-state index is -0.610. The van der Waals surface area contributed by atoms with Crippen LogP contribution in [0.25, 0.3) is 20.4 Å². The highest BCUT2D eigenvalue weighted by Gasteiger charge is 2.23. The molecule has 0 radical (unpaired) electrons. The van der Waals surface area contributed by atoms with Gasteiger partial charge >= 0.3 is 0 Å². The third-order valence-electron chi connectivity index (χ3n) is 4.81. The standard InChI is InChI=1S/C19H16F2N4OS2/c1-26-12-2-3-15-14(10-12)22-18(27-15)24-4-6-25(7-5-24)19-23-17-13(21)8-11(20)9-16(17)28-19/h2-3,8-10H,4-7H2,1H3. The average Bonchev–Trinajstić information content (AvgIpc) is 3.31. The van der Waals surface area contributed by atoms with E-state index >= 15 is 0 Å². The highest BCUT2D eigenvalue weighted by Crippen LogP contribution is 2.34. The molecule has 4 aromatic rings. The summed E-state index contributed by atoms with van der Waals surface area (Å²) >= 11 is 2.99. The van der Waals surface area contributed by atoms with Gasteiger partial charge < -0.3 is 14.5 Å². The zero-order valence-electron chi connectivity index (χ0n) is 15.0. The molecule has 0 saturated carbocycles. The second-order valence-electron chi connectivity index (χ2n) is 6.53. The normalized spacial score (nSPS) is 15.0. The fourth-order valence-corrected chi connectivity index (χ4v) is 5.38. The zero-order chi connectivity index (χ0) is 19.3. The first-order valence-electron chi connectivity index (χ1n) is 8.81. The van der Waals surface area contributed by atoms with E-state index in [1.807, 2.05) is 18.2 Å². The Morgan fingerprint density at radius 1 is 0.893 bits per heavy atom. The van der Waals surface area contributed by atoms with Gasteiger partial charge in [-0.3, -0.25) is 0 Å². The monoisotopic (exact) mass is 418 g/mol. The molecular formula is C19H16F2N4OS2. The number of piperazine rings is 1. The summed E-state index contributed by atoms with van der Waals surface area (Å²) < 4.78 is 34.3. The van der Waals surface area contributed by atoms with Crippen LogP contribution in [0.4, 0.5) is 19.0 Å². The highest BCUT2D eigenvalue weighted by molar-refractivity contribution is 7.22. The third-order valence-corrected chi connectivity index (χ3v) is 6.97. The van der Waals surface area contributed by atoms with Gasteiger partial charge in [-0.2, -0.15) is 0 Å². The van der Waals surface area contributed by atoms with Gasteiger partial charge in [-0.25, -0.2) is 18.7 Å². The smallest absolute Gasteiger partial charge is 0.186 e. The van der Waals surface area contributed by atoms with Gasteiger partial charge in [0, 0.05) is 38.3 Å². The third kappa shape index (κ3) is 3.04. The quantitative estimate of drug-likeness (QED) is 0.489. The van der Waals surface area contributed by atoms with E-state index in [1.54, 1.807) is 18.4 Å². The largest absolute Gasteiger partial charge is 0.497 e. The number of methoxy groups -OCH3 is 1. The van der Waals surface area contributed by atoms with Crippen molar-refractivity contribution in [2.45, 2.75) is 0 Å². The molecule has 0 N–H and O–H groups in total. The van der Waals surface area contributed by atoms with E-state index < -0.39 is 11.6 Å². The Bertz CT molecular complexity index is 1170.